The number of aromatic carboxylic acids is 1. The van der Waals surface area contributed by atoms with E-state index in [2.05, 4.69) is 0 Å². The van der Waals surface area contributed by atoms with E-state index in [1.165, 1.54) is 35.2 Å². The number of halogens is 1. The molecule has 1 saturated carbocycles. The van der Waals surface area contributed by atoms with Crippen LogP contribution in [0.3, 0.4) is 0 Å². The third kappa shape index (κ3) is 4.35. The number of phenolic OH excluding ortho intramolecular Hbond substituents is 1. The van der Waals surface area contributed by atoms with Gasteiger partial charge in [-0.1, -0.05) is 83.9 Å². The highest BCUT2D eigenvalue weighted by Crippen LogP contribution is 2.65. The van der Waals surface area contributed by atoms with E-state index in [4.69, 9.17) is 11.6 Å². The van der Waals surface area contributed by atoms with E-state index in [1.54, 1.807) is 42.5 Å². The van der Waals surface area contributed by atoms with Crippen molar-refractivity contribution < 1.29 is 34.2 Å². The number of carbonyl (C=O) groups is 5. The Morgan fingerprint density at radius 1 is 0.755 bits per heavy atom. The van der Waals surface area contributed by atoms with Crippen molar-refractivity contribution in [1.29, 1.82) is 0 Å². The molecule has 2 aliphatic heterocycles. The van der Waals surface area contributed by atoms with Gasteiger partial charge in [0.05, 0.1) is 40.1 Å². The van der Waals surface area contributed by atoms with E-state index in [0.717, 1.165) is 4.90 Å². The highest BCUT2D eigenvalue weighted by molar-refractivity contribution is 6.32. The third-order valence-corrected chi connectivity index (χ3v) is 11.0. The Hall–Kier alpha value is -5.54. The Bertz CT molecular complexity index is 2130. The minimum absolute atomic E-state index is 0.0621. The van der Waals surface area contributed by atoms with Crippen LogP contribution in [-0.4, -0.2) is 39.8 Å². The Kier molecular flexibility index (Phi) is 7.08. The van der Waals surface area contributed by atoms with Crippen LogP contribution >= 0.6 is 11.6 Å². The number of rotatable bonds is 5. The maximum Gasteiger partial charge on any atom is 0.335 e. The summed E-state index contributed by atoms with van der Waals surface area (Å²) in [7, 11) is 0. The molecule has 244 valence electrons. The minimum atomic E-state index is -1.50. The van der Waals surface area contributed by atoms with Gasteiger partial charge in [0.15, 0.2) is 0 Å². The number of para-hydroxylation sites is 1. The summed E-state index contributed by atoms with van der Waals surface area (Å²) in [6, 6.07) is 28.0. The van der Waals surface area contributed by atoms with Crippen molar-refractivity contribution >= 4 is 52.6 Å². The standard InChI is InChI=1S/C39H29ClN2O7/c40-23-11-7-13-25(19-23)42-35(45)30-20-29-26(16-17-28-32(29)36(46)41(34(28)44)24-12-6-8-21(18-24)37(47)48)33(27-14-4-5-15-31(27)43)39(30,38(42)49)22-9-2-1-3-10-22/h1-16,18-19,28-30,32-33,43H,17,20H2,(H,47,48). The van der Waals surface area contributed by atoms with Crippen LogP contribution < -0.4 is 9.80 Å². The number of anilines is 2. The molecule has 2 heterocycles. The molecule has 0 aromatic heterocycles. The van der Waals surface area contributed by atoms with Gasteiger partial charge < -0.3 is 10.2 Å². The Morgan fingerprint density at radius 3 is 2.16 bits per heavy atom. The highest BCUT2D eigenvalue weighted by Gasteiger charge is 2.70. The van der Waals surface area contributed by atoms with Crippen molar-refractivity contribution in [3.63, 3.8) is 0 Å². The first kappa shape index (κ1) is 30.8. The fourth-order valence-electron chi connectivity index (χ4n) is 8.85. The van der Waals surface area contributed by atoms with Crippen LogP contribution in [0.4, 0.5) is 11.4 Å². The average Bonchev–Trinajstić information content (AvgIpc) is 3.49. The SMILES string of the molecule is O=C(O)c1cccc(N2C(=O)C3CC=C4C(CC5C(=O)N(c6cccc(Cl)c6)C(=O)C5(c5ccccc5)C4c4ccccc4O)C3C2=O)c1. The van der Waals surface area contributed by atoms with Crippen LogP contribution in [0.2, 0.25) is 5.02 Å². The molecular formula is C39H29ClN2O7. The highest BCUT2D eigenvalue weighted by atomic mass is 35.5. The number of carboxylic acids is 1. The zero-order chi connectivity index (χ0) is 34.2. The summed E-state index contributed by atoms with van der Waals surface area (Å²) in [5.74, 6) is -7.20. The molecule has 4 aromatic carbocycles. The number of hydrogen-bond donors (Lipinski definition) is 2. The fourth-order valence-corrected chi connectivity index (χ4v) is 9.04. The lowest BCUT2D eigenvalue weighted by atomic mass is 9.49. The molecule has 6 atom stereocenters. The van der Waals surface area contributed by atoms with Gasteiger partial charge in [0.25, 0.3) is 0 Å². The molecule has 10 heteroatoms. The predicted octanol–water partition coefficient (Wildman–Crippen LogP) is 6.11. The van der Waals surface area contributed by atoms with Gasteiger partial charge in [-0.15, -0.1) is 0 Å². The molecule has 49 heavy (non-hydrogen) atoms. The average molecular weight is 673 g/mol. The molecule has 0 radical (unpaired) electrons. The number of allylic oxidation sites excluding steroid dienone is 2. The fraction of sp³-hybridized carbons (Fsp3) is 0.205. The molecule has 4 amide bonds. The van der Waals surface area contributed by atoms with Crippen molar-refractivity contribution in [2.45, 2.75) is 24.2 Å². The summed E-state index contributed by atoms with van der Waals surface area (Å²) in [6.07, 6.45) is 2.19. The number of amides is 4. The maximum atomic E-state index is 15.2. The quantitative estimate of drug-likeness (QED) is 0.193. The van der Waals surface area contributed by atoms with Crippen molar-refractivity contribution in [1.82, 2.24) is 0 Å². The van der Waals surface area contributed by atoms with Gasteiger partial charge in [-0.25, -0.2) is 9.69 Å². The number of fused-ring (bicyclic) bond motifs is 4. The molecular weight excluding hydrogens is 644 g/mol. The summed E-state index contributed by atoms with van der Waals surface area (Å²) in [5, 5.41) is 21.4. The predicted molar refractivity (Wildman–Crippen MR) is 180 cm³/mol. The Labute approximate surface area is 286 Å². The van der Waals surface area contributed by atoms with Gasteiger partial charge in [-0.2, -0.15) is 0 Å². The van der Waals surface area contributed by atoms with Gasteiger partial charge in [-0.05, 0) is 66.8 Å². The second kappa shape index (κ2) is 11.3. The minimum Gasteiger partial charge on any atom is -0.508 e. The van der Waals surface area contributed by atoms with Crippen molar-refractivity contribution in [2.24, 2.45) is 23.7 Å². The van der Waals surface area contributed by atoms with Gasteiger partial charge in [0, 0.05) is 16.5 Å². The van der Waals surface area contributed by atoms with E-state index < -0.39 is 64.6 Å². The monoisotopic (exact) mass is 672 g/mol. The molecule has 6 unspecified atom stereocenters. The van der Waals surface area contributed by atoms with Crippen LogP contribution in [0, 0.1) is 23.7 Å². The van der Waals surface area contributed by atoms with Crippen LogP contribution in [-0.2, 0) is 24.6 Å². The summed E-state index contributed by atoms with van der Waals surface area (Å²) < 4.78 is 0. The second-order valence-corrected chi connectivity index (χ2v) is 13.5. The van der Waals surface area contributed by atoms with E-state index in [9.17, 15) is 29.4 Å². The topological polar surface area (TPSA) is 132 Å². The lowest BCUT2D eigenvalue weighted by Crippen LogP contribution is -2.53. The van der Waals surface area contributed by atoms with E-state index in [-0.39, 0.29) is 29.8 Å². The molecule has 2 aliphatic carbocycles. The van der Waals surface area contributed by atoms with Gasteiger partial charge in [0.1, 0.15) is 5.75 Å². The first-order chi connectivity index (χ1) is 23.6. The normalized spacial score (nSPS) is 27.4. The lowest BCUT2D eigenvalue weighted by Gasteiger charge is -2.50. The van der Waals surface area contributed by atoms with Crippen LogP contribution in [0.5, 0.6) is 5.75 Å². The molecule has 2 saturated heterocycles. The Balaban J connectivity index is 1.34. The summed E-state index contributed by atoms with van der Waals surface area (Å²) in [6.45, 7) is 0. The van der Waals surface area contributed by atoms with E-state index >= 15 is 4.79 Å². The molecule has 3 fully saturated rings. The van der Waals surface area contributed by atoms with Crippen molar-refractivity contribution in [3.8, 4) is 5.75 Å². The Morgan fingerprint density at radius 2 is 1.45 bits per heavy atom. The van der Waals surface area contributed by atoms with Crippen molar-refractivity contribution in [2.75, 3.05) is 9.80 Å². The second-order valence-electron chi connectivity index (χ2n) is 13.0. The number of nitrogens with zero attached hydrogens (tertiary/aromatic N) is 2. The number of aromatic hydroxyl groups is 1. The third-order valence-electron chi connectivity index (χ3n) is 10.8. The van der Waals surface area contributed by atoms with Gasteiger partial charge in [-0.3, -0.25) is 24.1 Å². The van der Waals surface area contributed by atoms with E-state index in [1.807, 2.05) is 36.4 Å². The smallest absolute Gasteiger partial charge is 0.335 e. The van der Waals surface area contributed by atoms with E-state index in [0.29, 0.717) is 27.4 Å². The molecule has 0 bridgehead atoms. The van der Waals surface area contributed by atoms with Crippen LogP contribution in [0.15, 0.2) is 115 Å². The van der Waals surface area contributed by atoms with Gasteiger partial charge in [0.2, 0.25) is 23.6 Å². The number of imide groups is 2. The summed E-state index contributed by atoms with van der Waals surface area (Å²) in [4.78, 5) is 72.3. The van der Waals surface area contributed by atoms with Crippen LogP contribution in [0.1, 0.15) is 40.2 Å². The first-order valence-electron chi connectivity index (χ1n) is 16.0. The number of carbonyl (C=O) groups excluding carboxylic acids is 4. The molecule has 2 N–H and O–H groups in total. The van der Waals surface area contributed by atoms with Crippen molar-refractivity contribution in [3.05, 3.63) is 136 Å². The molecule has 4 aliphatic rings. The largest absolute Gasteiger partial charge is 0.508 e. The van der Waals surface area contributed by atoms with Gasteiger partial charge >= 0.3 is 5.97 Å². The maximum absolute atomic E-state index is 15.2. The number of phenols is 1. The zero-order valence-corrected chi connectivity index (χ0v) is 26.7. The molecule has 8 rings (SSSR count). The summed E-state index contributed by atoms with van der Waals surface area (Å²) >= 11 is 6.35. The molecule has 4 aromatic rings. The zero-order valence-electron chi connectivity index (χ0n) is 25.9. The lowest BCUT2D eigenvalue weighted by molar-refractivity contribution is -0.127. The number of hydrogen-bond acceptors (Lipinski definition) is 6. The number of benzene rings is 4. The number of carboxylic acid groups (broad SMARTS) is 1. The molecule has 9 nitrogen and oxygen atoms in total. The van der Waals surface area contributed by atoms with Crippen LogP contribution in [0.25, 0.3) is 0 Å². The molecule has 0 spiro atoms. The summed E-state index contributed by atoms with van der Waals surface area (Å²) in [5.41, 5.74) is 0.648. The first-order valence-corrected chi connectivity index (χ1v) is 16.4.